The summed E-state index contributed by atoms with van der Waals surface area (Å²) >= 11 is 0. The summed E-state index contributed by atoms with van der Waals surface area (Å²) in [4.78, 5) is 12.2. The van der Waals surface area contributed by atoms with Crippen LogP contribution >= 0.6 is 0 Å². The van der Waals surface area contributed by atoms with Gasteiger partial charge in [-0.15, -0.1) is 0 Å². The van der Waals surface area contributed by atoms with Gasteiger partial charge in [0.15, 0.2) is 0 Å². The molecular weight excluding hydrogens is 210 g/mol. The first-order valence-corrected chi connectivity index (χ1v) is 7.31. The Morgan fingerprint density at radius 2 is 1.29 bits per heavy atom. The number of amides is 1. The monoisotopic (exact) mass is 239 g/mol. The SMILES string of the molecule is CC(C)(C)NC(=O)C1CCCCCCCCC1. The molecule has 1 aliphatic rings. The maximum absolute atomic E-state index is 12.2. The lowest BCUT2D eigenvalue weighted by molar-refractivity contribution is -0.127. The number of rotatable bonds is 1. The van der Waals surface area contributed by atoms with E-state index in [-0.39, 0.29) is 17.4 Å². The number of carbonyl (C=O) groups excluding carboxylic acids is 1. The van der Waals surface area contributed by atoms with Gasteiger partial charge in [0.2, 0.25) is 5.91 Å². The minimum atomic E-state index is -0.0909. The van der Waals surface area contributed by atoms with Crippen molar-refractivity contribution < 1.29 is 4.79 Å². The van der Waals surface area contributed by atoms with E-state index in [4.69, 9.17) is 0 Å². The second-order valence-electron chi connectivity index (χ2n) is 6.49. The molecule has 0 aliphatic heterocycles. The Hall–Kier alpha value is -0.530. The molecule has 100 valence electrons. The molecule has 0 aromatic heterocycles. The second-order valence-corrected chi connectivity index (χ2v) is 6.49. The van der Waals surface area contributed by atoms with Crippen molar-refractivity contribution in [2.24, 2.45) is 5.92 Å². The number of hydrogen-bond acceptors (Lipinski definition) is 1. The molecule has 2 nitrogen and oxygen atoms in total. The zero-order valence-corrected chi connectivity index (χ0v) is 11.8. The van der Waals surface area contributed by atoms with Crippen molar-refractivity contribution >= 4 is 5.91 Å². The molecule has 0 saturated heterocycles. The molecule has 1 fully saturated rings. The second kappa shape index (κ2) is 7.03. The summed E-state index contributed by atoms with van der Waals surface area (Å²) in [6.45, 7) is 6.18. The first kappa shape index (κ1) is 14.5. The maximum atomic E-state index is 12.2. The largest absolute Gasteiger partial charge is 0.351 e. The van der Waals surface area contributed by atoms with Crippen LogP contribution in [0.25, 0.3) is 0 Å². The van der Waals surface area contributed by atoms with Gasteiger partial charge in [-0.05, 0) is 33.6 Å². The van der Waals surface area contributed by atoms with Crippen molar-refractivity contribution in [1.29, 1.82) is 0 Å². The van der Waals surface area contributed by atoms with Crippen LogP contribution in [0.1, 0.15) is 78.6 Å². The van der Waals surface area contributed by atoms with E-state index in [2.05, 4.69) is 26.1 Å². The Bertz CT molecular complexity index is 220. The molecule has 1 aliphatic carbocycles. The average molecular weight is 239 g/mol. The molecule has 0 spiro atoms. The first-order valence-electron chi connectivity index (χ1n) is 7.31. The minimum Gasteiger partial charge on any atom is -0.351 e. The van der Waals surface area contributed by atoms with Gasteiger partial charge >= 0.3 is 0 Å². The van der Waals surface area contributed by atoms with Gasteiger partial charge in [-0.25, -0.2) is 0 Å². The van der Waals surface area contributed by atoms with E-state index < -0.39 is 0 Å². The molecule has 2 heteroatoms. The Labute approximate surface area is 107 Å². The Kier molecular flexibility index (Phi) is 6.01. The molecule has 1 N–H and O–H groups in total. The lowest BCUT2D eigenvalue weighted by Gasteiger charge is -2.25. The third-order valence-electron chi connectivity index (χ3n) is 3.47. The van der Waals surface area contributed by atoms with Crippen LogP contribution in [0.5, 0.6) is 0 Å². The van der Waals surface area contributed by atoms with Gasteiger partial charge in [-0.3, -0.25) is 4.79 Å². The van der Waals surface area contributed by atoms with E-state index >= 15 is 0 Å². The van der Waals surface area contributed by atoms with E-state index in [1.165, 1.54) is 44.9 Å². The van der Waals surface area contributed by atoms with Crippen molar-refractivity contribution in [1.82, 2.24) is 5.32 Å². The topological polar surface area (TPSA) is 29.1 Å². The summed E-state index contributed by atoms with van der Waals surface area (Å²) in [5, 5.41) is 3.13. The fraction of sp³-hybridized carbons (Fsp3) is 0.933. The van der Waals surface area contributed by atoms with Gasteiger partial charge in [0.1, 0.15) is 0 Å². The van der Waals surface area contributed by atoms with E-state index in [1.54, 1.807) is 0 Å². The molecule has 1 saturated carbocycles. The molecule has 0 aromatic rings. The molecule has 1 amide bonds. The summed E-state index contributed by atoms with van der Waals surface area (Å²) in [5.74, 6) is 0.533. The minimum absolute atomic E-state index is 0.0909. The fourth-order valence-corrected chi connectivity index (χ4v) is 2.54. The highest BCUT2D eigenvalue weighted by Gasteiger charge is 2.22. The number of carbonyl (C=O) groups is 1. The Morgan fingerprint density at radius 3 is 1.71 bits per heavy atom. The van der Waals surface area contributed by atoms with Crippen molar-refractivity contribution in [3.8, 4) is 0 Å². The van der Waals surface area contributed by atoms with Crippen LogP contribution < -0.4 is 5.32 Å². The molecular formula is C15H29NO. The summed E-state index contributed by atoms with van der Waals surface area (Å²) in [6.07, 6.45) is 11.3. The van der Waals surface area contributed by atoms with E-state index in [9.17, 15) is 4.79 Å². The highest BCUT2D eigenvalue weighted by atomic mass is 16.2. The lowest BCUT2D eigenvalue weighted by atomic mass is 9.91. The standard InChI is InChI=1S/C15H29NO/c1-15(2,3)16-14(17)13-11-9-7-5-4-6-8-10-12-13/h13H,4-12H2,1-3H3,(H,16,17). The number of nitrogens with one attached hydrogen (secondary N) is 1. The van der Waals surface area contributed by atoms with Crippen LogP contribution in [0, 0.1) is 5.92 Å². The molecule has 17 heavy (non-hydrogen) atoms. The van der Waals surface area contributed by atoms with Crippen LogP contribution in [-0.2, 0) is 4.79 Å². The smallest absolute Gasteiger partial charge is 0.223 e. The predicted octanol–water partition coefficient (Wildman–Crippen LogP) is 4.04. The Balaban J connectivity index is 2.43. The van der Waals surface area contributed by atoms with Gasteiger partial charge in [-0.1, -0.05) is 44.9 Å². The lowest BCUT2D eigenvalue weighted by Crippen LogP contribution is -2.43. The quantitative estimate of drug-likeness (QED) is 0.735. The van der Waals surface area contributed by atoms with Crippen LogP contribution in [0.2, 0.25) is 0 Å². The summed E-state index contributed by atoms with van der Waals surface area (Å²) in [7, 11) is 0. The van der Waals surface area contributed by atoms with Crippen LogP contribution in [0.3, 0.4) is 0 Å². The zero-order chi connectivity index (χ0) is 12.7. The third-order valence-corrected chi connectivity index (χ3v) is 3.47. The summed E-state index contributed by atoms with van der Waals surface area (Å²) < 4.78 is 0. The average Bonchev–Trinajstić information content (AvgIpc) is 2.23. The van der Waals surface area contributed by atoms with Gasteiger partial charge in [0.25, 0.3) is 0 Å². The third kappa shape index (κ3) is 6.70. The van der Waals surface area contributed by atoms with Crippen molar-refractivity contribution in [2.75, 3.05) is 0 Å². The zero-order valence-electron chi connectivity index (χ0n) is 11.8. The maximum Gasteiger partial charge on any atom is 0.223 e. The van der Waals surface area contributed by atoms with Crippen molar-refractivity contribution in [3.63, 3.8) is 0 Å². The fourth-order valence-electron chi connectivity index (χ4n) is 2.54. The normalized spacial score (nSPS) is 20.9. The molecule has 0 bridgehead atoms. The highest BCUT2D eigenvalue weighted by Crippen LogP contribution is 2.22. The van der Waals surface area contributed by atoms with Crippen LogP contribution in [-0.4, -0.2) is 11.4 Å². The first-order chi connectivity index (χ1) is 7.99. The van der Waals surface area contributed by atoms with Gasteiger partial charge < -0.3 is 5.32 Å². The molecule has 0 aromatic carbocycles. The van der Waals surface area contributed by atoms with E-state index in [1.807, 2.05) is 0 Å². The van der Waals surface area contributed by atoms with Gasteiger partial charge in [0, 0.05) is 11.5 Å². The molecule has 0 atom stereocenters. The molecule has 0 radical (unpaired) electrons. The molecule has 0 unspecified atom stereocenters. The van der Waals surface area contributed by atoms with E-state index in [0.29, 0.717) is 0 Å². The Morgan fingerprint density at radius 1 is 0.882 bits per heavy atom. The number of hydrogen-bond donors (Lipinski definition) is 1. The molecule has 0 heterocycles. The van der Waals surface area contributed by atoms with Crippen LogP contribution in [0.4, 0.5) is 0 Å². The van der Waals surface area contributed by atoms with Gasteiger partial charge in [0.05, 0.1) is 0 Å². The summed E-state index contributed by atoms with van der Waals surface area (Å²) in [5.41, 5.74) is -0.0909. The molecule has 1 rings (SSSR count). The van der Waals surface area contributed by atoms with E-state index in [0.717, 1.165) is 12.8 Å². The predicted molar refractivity (Wildman–Crippen MR) is 72.9 cm³/mol. The highest BCUT2D eigenvalue weighted by molar-refractivity contribution is 5.79. The van der Waals surface area contributed by atoms with Crippen molar-refractivity contribution in [3.05, 3.63) is 0 Å². The summed E-state index contributed by atoms with van der Waals surface area (Å²) in [6, 6.07) is 0. The van der Waals surface area contributed by atoms with Crippen LogP contribution in [0.15, 0.2) is 0 Å². The van der Waals surface area contributed by atoms with Gasteiger partial charge in [-0.2, -0.15) is 0 Å². The van der Waals surface area contributed by atoms with Crippen molar-refractivity contribution in [2.45, 2.75) is 84.1 Å².